The van der Waals surface area contributed by atoms with Gasteiger partial charge in [-0.25, -0.2) is 4.79 Å². The lowest BCUT2D eigenvalue weighted by Crippen LogP contribution is -2.54. The van der Waals surface area contributed by atoms with E-state index in [0.29, 0.717) is 29.3 Å². The maximum absolute atomic E-state index is 12.1. The zero-order valence-electron chi connectivity index (χ0n) is 10.3. The minimum atomic E-state index is -1.14. The Morgan fingerprint density at radius 1 is 1.50 bits per heavy atom. The van der Waals surface area contributed by atoms with Crippen molar-refractivity contribution in [3.63, 3.8) is 0 Å². The lowest BCUT2D eigenvalue weighted by atomic mass is 9.98. The van der Waals surface area contributed by atoms with Crippen LogP contribution in [0.3, 0.4) is 0 Å². The van der Waals surface area contributed by atoms with Crippen LogP contribution in [-0.4, -0.2) is 34.0 Å². The number of aryl methyl sites for hydroxylation is 2. The smallest absolute Gasteiger partial charge is 0.330 e. The maximum atomic E-state index is 12.1. The molecule has 2 rings (SSSR count). The van der Waals surface area contributed by atoms with E-state index in [1.54, 1.807) is 19.9 Å². The molecule has 1 aliphatic rings. The number of thioether (sulfide) groups is 1. The number of carbonyl (C=O) groups excluding carboxylic acids is 1. The standard InChI is InChI=1S/C12H15NO4S/c1-7-5-9(8(2)17-7)10(14)13-12(11(15)16)3-4-18-6-12/h5H,3-4,6H2,1-2H3,(H,13,14)(H,15,16). The van der Waals surface area contributed by atoms with E-state index in [2.05, 4.69) is 5.32 Å². The number of furan rings is 1. The van der Waals surface area contributed by atoms with Crippen molar-refractivity contribution < 1.29 is 19.1 Å². The summed E-state index contributed by atoms with van der Waals surface area (Å²) in [6, 6.07) is 1.63. The predicted molar refractivity (Wildman–Crippen MR) is 68.0 cm³/mol. The van der Waals surface area contributed by atoms with E-state index in [0.717, 1.165) is 5.75 Å². The zero-order chi connectivity index (χ0) is 13.3. The Labute approximate surface area is 109 Å². The summed E-state index contributed by atoms with van der Waals surface area (Å²) in [4.78, 5) is 23.4. The van der Waals surface area contributed by atoms with Crippen molar-refractivity contribution in [2.45, 2.75) is 25.8 Å². The molecule has 18 heavy (non-hydrogen) atoms. The first kappa shape index (κ1) is 13.0. The molecule has 0 radical (unpaired) electrons. The third-order valence-corrected chi connectivity index (χ3v) is 4.26. The van der Waals surface area contributed by atoms with Gasteiger partial charge in [-0.3, -0.25) is 4.79 Å². The third-order valence-electron chi connectivity index (χ3n) is 3.07. The Morgan fingerprint density at radius 2 is 2.22 bits per heavy atom. The Morgan fingerprint density at radius 3 is 2.67 bits per heavy atom. The highest BCUT2D eigenvalue weighted by Crippen LogP contribution is 2.29. The lowest BCUT2D eigenvalue weighted by molar-refractivity contribution is -0.143. The molecular formula is C12H15NO4S. The Bertz CT molecular complexity index is 488. The molecular weight excluding hydrogens is 254 g/mol. The summed E-state index contributed by atoms with van der Waals surface area (Å²) < 4.78 is 5.28. The summed E-state index contributed by atoms with van der Waals surface area (Å²) in [6.45, 7) is 3.45. The molecule has 0 aliphatic carbocycles. The number of aliphatic carboxylic acids is 1. The van der Waals surface area contributed by atoms with Crippen LogP contribution in [0.4, 0.5) is 0 Å². The monoisotopic (exact) mass is 269 g/mol. The van der Waals surface area contributed by atoms with Crippen LogP contribution < -0.4 is 5.32 Å². The van der Waals surface area contributed by atoms with Gasteiger partial charge in [0.15, 0.2) is 0 Å². The van der Waals surface area contributed by atoms with Crippen molar-refractivity contribution in [1.29, 1.82) is 0 Å². The zero-order valence-corrected chi connectivity index (χ0v) is 11.1. The van der Waals surface area contributed by atoms with Crippen molar-refractivity contribution in [3.8, 4) is 0 Å². The van der Waals surface area contributed by atoms with Gasteiger partial charge < -0.3 is 14.8 Å². The van der Waals surface area contributed by atoms with E-state index < -0.39 is 11.5 Å². The molecule has 1 fully saturated rings. The van der Waals surface area contributed by atoms with Crippen molar-refractivity contribution in [2.75, 3.05) is 11.5 Å². The summed E-state index contributed by atoms with van der Waals surface area (Å²) in [5.74, 6) is 0.951. The number of nitrogens with one attached hydrogen (secondary N) is 1. The van der Waals surface area contributed by atoms with Crippen LogP contribution in [0.2, 0.25) is 0 Å². The number of rotatable bonds is 3. The fraction of sp³-hybridized carbons (Fsp3) is 0.500. The molecule has 0 aromatic carbocycles. The van der Waals surface area contributed by atoms with Crippen LogP contribution in [0.5, 0.6) is 0 Å². The van der Waals surface area contributed by atoms with Crippen molar-refractivity contribution >= 4 is 23.6 Å². The largest absolute Gasteiger partial charge is 0.479 e. The minimum Gasteiger partial charge on any atom is -0.479 e. The van der Waals surface area contributed by atoms with E-state index in [9.17, 15) is 14.7 Å². The first-order valence-electron chi connectivity index (χ1n) is 5.65. The molecule has 6 heteroatoms. The highest BCUT2D eigenvalue weighted by atomic mass is 32.2. The summed E-state index contributed by atoms with van der Waals surface area (Å²) in [6.07, 6.45) is 0.453. The molecule has 1 saturated heterocycles. The van der Waals surface area contributed by atoms with Gasteiger partial charge in [0.2, 0.25) is 0 Å². The minimum absolute atomic E-state index is 0.380. The van der Waals surface area contributed by atoms with E-state index in [1.165, 1.54) is 11.8 Å². The van der Waals surface area contributed by atoms with Gasteiger partial charge in [0.05, 0.1) is 5.56 Å². The molecule has 1 aliphatic heterocycles. The Hall–Kier alpha value is -1.43. The van der Waals surface area contributed by atoms with Gasteiger partial charge in [-0.1, -0.05) is 0 Å². The molecule has 2 N–H and O–H groups in total. The molecule has 1 atom stereocenters. The van der Waals surface area contributed by atoms with Gasteiger partial charge in [-0.2, -0.15) is 11.8 Å². The van der Waals surface area contributed by atoms with E-state index in [4.69, 9.17) is 4.42 Å². The maximum Gasteiger partial charge on any atom is 0.330 e. The van der Waals surface area contributed by atoms with Crippen LogP contribution in [0.15, 0.2) is 10.5 Å². The number of carbonyl (C=O) groups is 2. The van der Waals surface area contributed by atoms with Gasteiger partial charge in [0.25, 0.3) is 5.91 Å². The highest BCUT2D eigenvalue weighted by molar-refractivity contribution is 7.99. The number of hydrogen-bond acceptors (Lipinski definition) is 4. The van der Waals surface area contributed by atoms with Crippen LogP contribution >= 0.6 is 11.8 Å². The van der Waals surface area contributed by atoms with Crippen molar-refractivity contribution in [2.24, 2.45) is 0 Å². The Balaban J connectivity index is 2.20. The molecule has 1 aromatic rings. The SMILES string of the molecule is Cc1cc(C(=O)NC2(C(=O)O)CCSC2)c(C)o1. The first-order valence-corrected chi connectivity index (χ1v) is 6.81. The second kappa shape index (κ2) is 4.68. The van der Waals surface area contributed by atoms with Crippen LogP contribution in [0.25, 0.3) is 0 Å². The summed E-state index contributed by atoms with van der Waals surface area (Å²) >= 11 is 1.54. The summed E-state index contributed by atoms with van der Waals surface area (Å²) in [7, 11) is 0. The van der Waals surface area contributed by atoms with Gasteiger partial charge in [-0.15, -0.1) is 0 Å². The molecule has 0 spiro atoms. The van der Waals surface area contributed by atoms with Gasteiger partial charge in [0.1, 0.15) is 17.1 Å². The fourth-order valence-electron chi connectivity index (χ4n) is 2.03. The van der Waals surface area contributed by atoms with Crippen molar-refractivity contribution in [1.82, 2.24) is 5.32 Å². The van der Waals surface area contributed by atoms with Gasteiger partial charge >= 0.3 is 5.97 Å². The second-order valence-corrected chi connectivity index (χ2v) is 5.58. The average Bonchev–Trinajstić information content (AvgIpc) is 2.86. The molecule has 1 amide bonds. The van der Waals surface area contributed by atoms with Gasteiger partial charge in [-0.05, 0) is 32.1 Å². The molecule has 0 bridgehead atoms. The number of hydrogen-bond donors (Lipinski definition) is 2. The number of carboxylic acids is 1. The summed E-state index contributed by atoms with van der Waals surface area (Å²) in [5.41, 5.74) is -0.732. The van der Waals surface area contributed by atoms with Crippen molar-refractivity contribution in [3.05, 3.63) is 23.2 Å². The summed E-state index contributed by atoms with van der Waals surface area (Å²) in [5, 5.41) is 11.9. The molecule has 98 valence electrons. The molecule has 1 unspecified atom stereocenters. The number of carboxylic acid groups (broad SMARTS) is 1. The third kappa shape index (κ3) is 2.25. The van der Waals surface area contributed by atoms with Gasteiger partial charge in [0, 0.05) is 5.75 Å². The molecule has 0 saturated carbocycles. The molecule has 2 heterocycles. The first-order chi connectivity index (χ1) is 8.44. The van der Waals surface area contributed by atoms with E-state index in [1.807, 2.05) is 0 Å². The fourth-order valence-corrected chi connectivity index (χ4v) is 3.35. The molecule has 5 nitrogen and oxygen atoms in total. The predicted octanol–water partition coefficient (Wildman–Crippen LogP) is 1.59. The van der Waals surface area contributed by atoms with E-state index in [-0.39, 0.29) is 5.91 Å². The van der Waals surface area contributed by atoms with Crippen LogP contribution in [0, 0.1) is 13.8 Å². The quantitative estimate of drug-likeness (QED) is 0.871. The molecule has 1 aromatic heterocycles. The highest BCUT2D eigenvalue weighted by Gasteiger charge is 2.43. The number of amides is 1. The van der Waals surface area contributed by atoms with Crippen LogP contribution in [0.1, 0.15) is 28.3 Å². The normalized spacial score (nSPS) is 23.0. The van der Waals surface area contributed by atoms with E-state index >= 15 is 0 Å². The Kier molecular flexibility index (Phi) is 3.38. The topological polar surface area (TPSA) is 79.5 Å². The van der Waals surface area contributed by atoms with Crippen LogP contribution in [-0.2, 0) is 4.79 Å². The second-order valence-electron chi connectivity index (χ2n) is 4.47. The average molecular weight is 269 g/mol. The lowest BCUT2D eigenvalue weighted by Gasteiger charge is -2.24.